The van der Waals surface area contributed by atoms with Crippen LogP contribution in [0.15, 0.2) is 0 Å². The Bertz CT molecular complexity index is 97.9. The van der Waals surface area contributed by atoms with Crippen molar-refractivity contribution in [2.45, 2.75) is 12.8 Å². The number of hydrogen-bond acceptors (Lipinski definition) is 2. The second-order valence-electron chi connectivity index (χ2n) is 1.56. The quantitative estimate of drug-likeness (QED) is 0.406. The molecule has 0 aromatic carbocycles. The van der Waals surface area contributed by atoms with Crippen LogP contribution in [0.3, 0.4) is 0 Å². The van der Waals surface area contributed by atoms with E-state index in [1.54, 1.807) is 0 Å². The molecule has 0 fully saturated rings. The van der Waals surface area contributed by atoms with E-state index in [0.717, 1.165) is 0 Å². The third kappa shape index (κ3) is 5.26. The van der Waals surface area contributed by atoms with Gasteiger partial charge in [0.15, 0.2) is 0 Å². The summed E-state index contributed by atoms with van der Waals surface area (Å²) in [5.74, 6) is -3.18. The van der Waals surface area contributed by atoms with Crippen molar-refractivity contribution in [2.75, 3.05) is 6.54 Å². The second-order valence-corrected chi connectivity index (χ2v) is 1.56. The van der Waals surface area contributed by atoms with Gasteiger partial charge in [-0.1, -0.05) is 0 Å². The van der Waals surface area contributed by atoms with Crippen molar-refractivity contribution in [1.82, 2.24) is 0 Å². The zero-order valence-electron chi connectivity index (χ0n) is 4.23. The fourth-order valence-corrected chi connectivity index (χ4v) is 0.227. The molecule has 0 spiro atoms. The Balaban J connectivity index is 3.55. The van der Waals surface area contributed by atoms with Crippen molar-refractivity contribution in [2.24, 2.45) is 0 Å². The lowest BCUT2D eigenvalue weighted by Crippen LogP contribution is -2.22. The minimum Gasteiger partial charge on any atom is -0.264 e. The topological polar surface area (TPSA) is 43.1 Å². The van der Waals surface area contributed by atoms with E-state index in [1.165, 1.54) is 0 Å². The molecule has 0 aliphatic carbocycles. The monoisotopic (exact) mass is 125 g/mol. The molecule has 0 heterocycles. The summed E-state index contributed by atoms with van der Waals surface area (Å²) >= 11 is 0. The lowest BCUT2D eigenvalue weighted by atomic mass is 10.4. The van der Waals surface area contributed by atoms with Gasteiger partial charge in [0.05, 0.1) is 0 Å². The molecule has 0 N–H and O–H groups in total. The summed E-state index contributed by atoms with van der Waals surface area (Å²) < 4.78 is 23.1. The Morgan fingerprint density at radius 2 is 2.12 bits per heavy atom. The van der Waals surface area contributed by atoms with Crippen LogP contribution in [0.4, 0.5) is 8.78 Å². The summed E-state index contributed by atoms with van der Waals surface area (Å²) in [4.78, 5) is 8.30. The maximum absolute atomic E-state index is 11.5. The van der Waals surface area contributed by atoms with E-state index in [-0.39, 0.29) is 0 Å². The van der Waals surface area contributed by atoms with Crippen LogP contribution < -0.4 is 0 Å². The average Bonchev–Trinajstić information content (AvgIpc) is 1.21. The number of alkyl halides is 2. The summed E-state index contributed by atoms with van der Waals surface area (Å²) in [7, 11) is 0. The van der Waals surface area contributed by atoms with Gasteiger partial charge in [-0.15, -0.1) is 0 Å². The first-order chi connectivity index (χ1) is 3.42. The Morgan fingerprint density at radius 3 is 2.12 bits per heavy atom. The van der Waals surface area contributed by atoms with E-state index < -0.39 is 17.4 Å². The molecule has 0 radical (unpaired) electrons. The van der Waals surface area contributed by atoms with Gasteiger partial charge in [-0.25, -0.2) is 0 Å². The van der Waals surface area contributed by atoms with E-state index in [2.05, 4.69) is 0 Å². The predicted molar refractivity (Wildman–Crippen MR) is 22.5 cm³/mol. The molecule has 0 saturated heterocycles. The SMILES string of the molecule is CC(F)(F)C[N+](=O)[O-]. The van der Waals surface area contributed by atoms with Crippen LogP contribution in [-0.2, 0) is 0 Å². The van der Waals surface area contributed by atoms with Crippen LogP contribution in [0.2, 0.25) is 0 Å². The summed E-state index contributed by atoms with van der Waals surface area (Å²) in [6, 6.07) is 0. The summed E-state index contributed by atoms with van der Waals surface area (Å²) in [5, 5.41) is 9.34. The molecular weight excluding hydrogens is 120 g/mol. The van der Waals surface area contributed by atoms with E-state index in [9.17, 15) is 18.9 Å². The Kier molecular flexibility index (Phi) is 1.83. The van der Waals surface area contributed by atoms with Gasteiger partial charge < -0.3 is 0 Å². The van der Waals surface area contributed by atoms with Crippen molar-refractivity contribution in [3.63, 3.8) is 0 Å². The van der Waals surface area contributed by atoms with Gasteiger partial charge in [-0.2, -0.15) is 8.78 Å². The summed E-state index contributed by atoms with van der Waals surface area (Å²) in [5.41, 5.74) is 0. The lowest BCUT2D eigenvalue weighted by Gasteiger charge is -2.00. The number of nitro groups is 1. The number of rotatable bonds is 2. The summed E-state index contributed by atoms with van der Waals surface area (Å²) in [6.07, 6.45) is 0. The maximum atomic E-state index is 11.5. The van der Waals surface area contributed by atoms with Crippen LogP contribution in [0.25, 0.3) is 0 Å². The first kappa shape index (κ1) is 7.26. The number of halogens is 2. The maximum Gasteiger partial charge on any atom is 0.308 e. The molecule has 0 aromatic rings. The molecule has 8 heavy (non-hydrogen) atoms. The molecular formula is C3H5F2NO2. The Labute approximate surface area is 44.5 Å². The largest absolute Gasteiger partial charge is 0.308 e. The molecule has 5 heteroatoms. The minimum absolute atomic E-state index is 0.510. The van der Waals surface area contributed by atoms with Crippen LogP contribution in [-0.4, -0.2) is 17.4 Å². The fourth-order valence-electron chi connectivity index (χ4n) is 0.227. The normalized spacial score (nSPS) is 11.4. The standard InChI is InChI=1S/C3H5F2NO2/c1-3(4,5)2-6(7)8/h2H2,1H3. The first-order valence-corrected chi connectivity index (χ1v) is 1.91. The molecule has 48 valence electrons. The molecule has 0 aliphatic heterocycles. The van der Waals surface area contributed by atoms with Crippen LogP contribution in [0.1, 0.15) is 6.92 Å². The third-order valence-corrected chi connectivity index (χ3v) is 0.407. The van der Waals surface area contributed by atoms with Crippen molar-refractivity contribution < 1.29 is 13.7 Å². The number of hydrogen-bond donors (Lipinski definition) is 0. The lowest BCUT2D eigenvalue weighted by molar-refractivity contribution is -0.503. The zero-order chi connectivity index (χ0) is 6.78. The fraction of sp³-hybridized carbons (Fsp3) is 1.00. The van der Waals surface area contributed by atoms with Gasteiger partial charge in [0, 0.05) is 11.8 Å². The highest BCUT2D eigenvalue weighted by atomic mass is 19.3. The third-order valence-electron chi connectivity index (χ3n) is 0.407. The van der Waals surface area contributed by atoms with Gasteiger partial charge in [-0.3, -0.25) is 10.1 Å². The first-order valence-electron chi connectivity index (χ1n) is 1.91. The predicted octanol–water partition coefficient (Wildman–Crippen LogP) is 0.918. The molecule has 0 saturated carbocycles. The van der Waals surface area contributed by atoms with E-state index >= 15 is 0 Å². The molecule has 0 rings (SSSR count). The molecule has 3 nitrogen and oxygen atoms in total. The molecule has 0 amide bonds. The molecule has 0 bridgehead atoms. The molecule has 0 aromatic heterocycles. The minimum atomic E-state index is -3.18. The molecule has 0 atom stereocenters. The van der Waals surface area contributed by atoms with Gasteiger partial charge in [0.25, 0.3) is 6.54 Å². The molecule has 0 aliphatic rings. The van der Waals surface area contributed by atoms with Crippen molar-refractivity contribution >= 4 is 0 Å². The van der Waals surface area contributed by atoms with Gasteiger partial charge in [0.1, 0.15) is 0 Å². The van der Waals surface area contributed by atoms with E-state index in [1.807, 2.05) is 0 Å². The highest BCUT2D eigenvalue weighted by Gasteiger charge is 2.27. The average molecular weight is 125 g/mol. The Hall–Kier alpha value is -0.740. The highest BCUT2D eigenvalue weighted by Crippen LogP contribution is 2.09. The number of nitrogens with zero attached hydrogens (tertiary/aromatic N) is 1. The van der Waals surface area contributed by atoms with Crippen LogP contribution in [0.5, 0.6) is 0 Å². The van der Waals surface area contributed by atoms with Gasteiger partial charge in [-0.05, 0) is 0 Å². The zero-order valence-corrected chi connectivity index (χ0v) is 4.23. The van der Waals surface area contributed by atoms with E-state index in [0.29, 0.717) is 6.92 Å². The smallest absolute Gasteiger partial charge is 0.264 e. The highest BCUT2D eigenvalue weighted by molar-refractivity contribution is 4.52. The molecule has 0 unspecified atom stereocenters. The van der Waals surface area contributed by atoms with Gasteiger partial charge >= 0.3 is 5.92 Å². The van der Waals surface area contributed by atoms with Gasteiger partial charge in [0.2, 0.25) is 0 Å². The van der Waals surface area contributed by atoms with Crippen molar-refractivity contribution in [1.29, 1.82) is 0 Å². The second kappa shape index (κ2) is 2.02. The van der Waals surface area contributed by atoms with Crippen LogP contribution >= 0.6 is 0 Å². The van der Waals surface area contributed by atoms with Crippen molar-refractivity contribution in [3.8, 4) is 0 Å². The van der Waals surface area contributed by atoms with E-state index in [4.69, 9.17) is 0 Å². The van der Waals surface area contributed by atoms with Crippen molar-refractivity contribution in [3.05, 3.63) is 10.1 Å². The Morgan fingerprint density at radius 1 is 1.75 bits per heavy atom. The van der Waals surface area contributed by atoms with Crippen LogP contribution in [0, 0.1) is 10.1 Å². The summed E-state index contributed by atoms with van der Waals surface area (Å²) in [6.45, 7) is -0.775.